The van der Waals surface area contributed by atoms with Crippen molar-refractivity contribution in [2.45, 2.75) is 19.9 Å². The smallest absolute Gasteiger partial charge is 0.321 e. The molecule has 0 radical (unpaired) electrons. The van der Waals surface area contributed by atoms with Gasteiger partial charge in [-0.15, -0.1) is 0 Å². The fourth-order valence-electron chi connectivity index (χ4n) is 3.69. The van der Waals surface area contributed by atoms with Crippen LogP contribution >= 0.6 is 0 Å². The maximum Gasteiger partial charge on any atom is 0.321 e. The number of benzene rings is 2. The van der Waals surface area contributed by atoms with Crippen LogP contribution in [0.1, 0.15) is 24.1 Å². The fourth-order valence-corrected chi connectivity index (χ4v) is 3.69. The quantitative estimate of drug-likeness (QED) is 0.837. The molecule has 0 aromatic heterocycles. The highest BCUT2D eigenvalue weighted by molar-refractivity contribution is 5.97. The summed E-state index contributed by atoms with van der Waals surface area (Å²) in [5.41, 5.74) is 3.39. The molecule has 1 fully saturated rings. The zero-order valence-electron chi connectivity index (χ0n) is 16.5. The second-order valence-electron chi connectivity index (χ2n) is 6.97. The van der Waals surface area contributed by atoms with Crippen molar-refractivity contribution in [3.05, 3.63) is 65.7 Å². The molecule has 1 saturated heterocycles. The Morgan fingerprint density at radius 3 is 2.25 bits per heavy atom. The Balaban J connectivity index is 1.74. The predicted octanol–water partition coefficient (Wildman–Crippen LogP) is 2.70. The Hall–Kier alpha value is -2.86. The molecule has 0 saturated carbocycles. The highest BCUT2D eigenvalue weighted by Gasteiger charge is 2.31. The zero-order chi connectivity index (χ0) is 19.9. The minimum atomic E-state index is -0.483. The number of urea groups is 1. The van der Waals surface area contributed by atoms with Crippen molar-refractivity contribution in [3.8, 4) is 0 Å². The molecule has 3 amide bonds. The van der Waals surface area contributed by atoms with Crippen LogP contribution in [-0.4, -0.2) is 49.6 Å². The summed E-state index contributed by atoms with van der Waals surface area (Å²) in [6, 6.07) is 17.1. The first-order valence-electron chi connectivity index (χ1n) is 9.78. The molecule has 0 unspecified atom stereocenters. The van der Waals surface area contributed by atoms with Gasteiger partial charge in [0.25, 0.3) is 0 Å². The first-order valence-corrected chi connectivity index (χ1v) is 9.78. The number of rotatable bonds is 5. The largest absolute Gasteiger partial charge is 0.369 e. The summed E-state index contributed by atoms with van der Waals surface area (Å²) in [5, 5.41) is 5.11. The minimum Gasteiger partial charge on any atom is -0.369 e. The van der Waals surface area contributed by atoms with Crippen LogP contribution in [0.2, 0.25) is 0 Å². The number of piperazine rings is 1. The summed E-state index contributed by atoms with van der Waals surface area (Å²) < 4.78 is 0. The average Bonchev–Trinajstić information content (AvgIpc) is 2.70. The summed E-state index contributed by atoms with van der Waals surface area (Å²) >= 11 is 0. The van der Waals surface area contributed by atoms with E-state index in [1.807, 2.05) is 43.3 Å². The van der Waals surface area contributed by atoms with Gasteiger partial charge in [0.15, 0.2) is 0 Å². The Morgan fingerprint density at radius 1 is 0.964 bits per heavy atom. The van der Waals surface area contributed by atoms with Gasteiger partial charge in [-0.25, -0.2) is 4.79 Å². The van der Waals surface area contributed by atoms with Gasteiger partial charge < -0.3 is 10.2 Å². The number of hydrogen-bond donors (Lipinski definition) is 2. The van der Waals surface area contributed by atoms with E-state index < -0.39 is 12.1 Å². The van der Waals surface area contributed by atoms with Gasteiger partial charge in [0.1, 0.15) is 6.04 Å². The zero-order valence-corrected chi connectivity index (χ0v) is 16.5. The van der Waals surface area contributed by atoms with Crippen molar-refractivity contribution in [1.29, 1.82) is 0 Å². The molecular weight excluding hydrogens is 352 g/mol. The van der Waals surface area contributed by atoms with E-state index in [1.165, 1.54) is 11.3 Å². The molecule has 0 spiro atoms. The van der Waals surface area contributed by atoms with Crippen molar-refractivity contribution >= 4 is 17.6 Å². The number of nitrogens with zero attached hydrogens (tertiary/aromatic N) is 2. The molecule has 2 aromatic rings. The lowest BCUT2D eigenvalue weighted by atomic mass is 10.0. The fraction of sp³-hybridized carbons (Fsp3) is 0.364. The van der Waals surface area contributed by atoms with E-state index in [9.17, 15) is 9.59 Å². The molecule has 1 heterocycles. The van der Waals surface area contributed by atoms with Gasteiger partial charge in [0.05, 0.1) is 0 Å². The third kappa shape index (κ3) is 4.70. The number of imide groups is 1. The van der Waals surface area contributed by atoms with Crippen molar-refractivity contribution in [3.63, 3.8) is 0 Å². The Kier molecular flexibility index (Phi) is 6.66. The van der Waals surface area contributed by atoms with E-state index in [4.69, 9.17) is 0 Å². The van der Waals surface area contributed by atoms with Gasteiger partial charge in [-0.2, -0.15) is 0 Å². The third-order valence-corrected chi connectivity index (χ3v) is 5.07. The molecule has 6 nitrogen and oxygen atoms in total. The topological polar surface area (TPSA) is 64.7 Å². The van der Waals surface area contributed by atoms with E-state index in [0.29, 0.717) is 6.54 Å². The van der Waals surface area contributed by atoms with Gasteiger partial charge in [-0.05, 0) is 31.0 Å². The summed E-state index contributed by atoms with van der Waals surface area (Å²) in [6.45, 7) is 7.58. The molecule has 148 valence electrons. The maximum atomic E-state index is 12.9. The lowest BCUT2D eigenvalue weighted by molar-refractivity contribution is -0.125. The molecule has 0 aliphatic carbocycles. The first-order chi connectivity index (χ1) is 13.6. The Labute approximate surface area is 166 Å². The van der Waals surface area contributed by atoms with Crippen LogP contribution in [0.5, 0.6) is 0 Å². The molecule has 6 heteroatoms. The number of anilines is 1. The summed E-state index contributed by atoms with van der Waals surface area (Å²) in [7, 11) is 0. The van der Waals surface area contributed by atoms with E-state index in [-0.39, 0.29) is 5.91 Å². The molecule has 2 aromatic carbocycles. The Morgan fingerprint density at radius 2 is 1.61 bits per heavy atom. The van der Waals surface area contributed by atoms with Crippen molar-refractivity contribution in [2.75, 3.05) is 37.6 Å². The predicted molar refractivity (Wildman–Crippen MR) is 111 cm³/mol. The second kappa shape index (κ2) is 9.37. The summed E-state index contributed by atoms with van der Waals surface area (Å²) in [6.07, 6.45) is 0. The molecule has 0 bridgehead atoms. The molecule has 1 aliphatic heterocycles. The number of aryl methyl sites for hydroxylation is 1. The SMILES string of the molecule is CCNC(=O)NC(=O)[C@H](c1ccccc1)N1CCN(c2ccccc2C)CC1. The lowest BCUT2D eigenvalue weighted by Gasteiger charge is -2.40. The van der Waals surface area contributed by atoms with Gasteiger partial charge in [-0.1, -0.05) is 48.5 Å². The standard InChI is InChI=1S/C22H28N4O2/c1-3-23-22(28)24-21(27)20(18-10-5-4-6-11-18)26-15-13-25(14-16-26)19-12-8-7-9-17(19)2/h4-12,20H,3,13-16H2,1-2H3,(H2,23,24,27,28)/t20-/m0/s1. The number of carbonyl (C=O) groups excluding carboxylic acids is 2. The molecule has 28 heavy (non-hydrogen) atoms. The number of para-hydroxylation sites is 1. The van der Waals surface area contributed by atoms with Crippen LogP contribution in [0.15, 0.2) is 54.6 Å². The first kappa shape index (κ1) is 19.9. The van der Waals surface area contributed by atoms with Gasteiger partial charge in [-0.3, -0.25) is 15.0 Å². The van der Waals surface area contributed by atoms with Crippen molar-refractivity contribution in [2.24, 2.45) is 0 Å². The molecule has 3 rings (SSSR count). The minimum absolute atomic E-state index is 0.290. The van der Waals surface area contributed by atoms with Crippen LogP contribution in [0, 0.1) is 6.92 Å². The van der Waals surface area contributed by atoms with Crippen molar-refractivity contribution < 1.29 is 9.59 Å². The molecule has 1 atom stereocenters. The van der Waals surface area contributed by atoms with Crippen LogP contribution in [0.25, 0.3) is 0 Å². The second-order valence-corrected chi connectivity index (χ2v) is 6.97. The summed E-state index contributed by atoms with van der Waals surface area (Å²) in [5.74, 6) is -0.290. The highest BCUT2D eigenvalue weighted by Crippen LogP contribution is 2.26. The lowest BCUT2D eigenvalue weighted by Crippen LogP contribution is -2.52. The van der Waals surface area contributed by atoms with E-state index in [1.54, 1.807) is 0 Å². The summed E-state index contributed by atoms with van der Waals surface area (Å²) in [4.78, 5) is 29.3. The van der Waals surface area contributed by atoms with Crippen LogP contribution < -0.4 is 15.5 Å². The van der Waals surface area contributed by atoms with Crippen LogP contribution in [-0.2, 0) is 4.79 Å². The number of nitrogens with one attached hydrogen (secondary N) is 2. The Bertz CT molecular complexity index is 801. The van der Waals surface area contributed by atoms with Crippen LogP contribution in [0.4, 0.5) is 10.5 Å². The normalized spacial score (nSPS) is 15.7. The highest BCUT2D eigenvalue weighted by atomic mass is 16.2. The van der Waals surface area contributed by atoms with Crippen molar-refractivity contribution in [1.82, 2.24) is 15.5 Å². The monoisotopic (exact) mass is 380 g/mol. The van der Waals surface area contributed by atoms with Crippen LogP contribution in [0.3, 0.4) is 0 Å². The van der Waals surface area contributed by atoms with E-state index in [2.05, 4.69) is 45.6 Å². The van der Waals surface area contributed by atoms with E-state index in [0.717, 1.165) is 31.7 Å². The van der Waals surface area contributed by atoms with Gasteiger partial charge in [0, 0.05) is 38.4 Å². The van der Waals surface area contributed by atoms with Gasteiger partial charge in [0.2, 0.25) is 5.91 Å². The third-order valence-electron chi connectivity index (χ3n) is 5.07. The van der Waals surface area contributed by atoms with Gasteiger partial charge >= 0.3 is 6.03 Å². The average molecular weight is 380 g/mol. The number of hydrogen-bond acceptors (Lipinski definition) is 4. The maximum absolute atomic E-state index is 12.9. The number of carbonyl (C=O) groups is 2. The number of amides is 3. The molecule has 1 aliphatic rings. The molecule has 2 N–H and O–H groups in total. The molecular formula is C22H28N4O2. The van der Waals surface area contributed by atoms with E-state index >= 15 is 0 Å².